The topological polar surface area (TPSA) is 46.6 Å². The normalized spacial score (nSPS) is 15.6. The average molecular weight is 293 g/mol. The lowest BCUT2D eigenvalue weighted by Crippen LogP contribution is -2.35. The number of methoxy groups -OCH3 is 2. The van der Waals surface area contributed by atoms with Crippen molar-refractivity contribution in [3.05, 3.63) is 18.0 Å². The Morgan fingerprint density at radius 2 is 2.05 bits per heavy atom. The van der Waals surface area contributed by atoms with Crippen molar-refractivity contribution in [3.63, 3.8) is 0 Å². The molecular formula is C16H27N3O2. The van der Waals surface area contributed by atoms with Gasteiger partial charge in [0.15, 0.2) is 11.5 Å². The standard InChI is InChI=1S/C16H27N3O2/c1-19(13-6-4-5-7-13)11-10-17-12-14-16(21-3)15(20-2)8-9-18-14/h8-9,13,17H,4-7,10-12H2,1-3H3. The van der Waals surface area contributed by atoms with E-state index in [4.69, 9.17) is 9.47 Å². The second-order valence-corrected chi connectivity index (χ2v) is 5.59. The van der Waals surface area contributed by atoms with Crippen LogP contribution in [0.5, 0.6) is 11.5 Å². The summed E-state index contributed by atoms with van der Waals surface area (Å²) in [6, 6.07) is 2.59. The van der Waals surface area contributed by atoms with E-state index in [0.717, 1.165) is 36.3 Å². The highest BCUT2D eigenvalue weighted by atomic mass is 16.5. The Morgan fingerprint density at radius 1 is 1.29 bits per heavy atom. The zero-order chi connectivity index (χ0) is 15.1. The minimum absolute atomic E-state index is 0.693. The van der Waals surface area contributed by atoms with Gasteiger partial charge in [0.1, 0.15) is 0 Å². The number of nitrogens with one attached hydrogen (secondary N) is 1. The molecule has 1 aromatic rings. The SMILES string of the molecule is COc1ccnc(CNCCN(C)C2CCCC2)c1OC. The van der Waals surface area contributed by atoms with Crippen LogP contribution < -0.4 is 14.8 Å². The van der Waals surface area contributed by atoms with Crippen molar-refractivity contribution in [1.82, 2.24) is 15.2 Å². The summed E-state index contributed by atoms with van der Waals surface area (Å²) in [7, 11) is 5.52. The third-order valence-corrected chi connectivity index (χ3v) is 4.25. The van der Waals surface area contributed by atoms with Gasteiger partial charge in [-0.3, -0.25) is 4.98 Å². The smallest absolute Gasteiger partial charge is 0.183 e. The zero-order valence-electron chi connectivity index (χ0n) is 13.4. The predicted octanol–water partition coefficient (Wildman–Crippen LogP) is 2.06. The van der Waals surface area contributed by atoms with E-state index in [0.29, 0.717) is 6.54 Å². The molecule has 0 saturated heterocycles. The van der Waals surface area contributed by atoms with Gasteiger partial charge in [0.05, 0.1) is 19.9 Å². The molecule has 21 heavy (non-hydrogen) atoms. The minimum atomic E-state index is 0.693. The van der Waals surface area contributed by atoms with E-state index < -0.39 is 0 Å². The van der Waals surface area contributed by atoms with Crippen molar-refractivity contribution >= 4 is 0 Å². The summed E-state index contributed by atoms with van der Waals surface area (Å²) in [4.78, 5) is 6.84. The monoisotopic (exact) mass is 293 g/mol. The predicted molar refractivity (Wildman–Crippen MR) is 83.9 cm³/mol. The number of ether oxygens (including phenoxy) is 2. The molecule has 0 unspecified atom stereocenters. The maximum Gasteiger partial charge on any atom is 0.183 e. The van der Waals surface area contributed by atoms with Crippen molar-refractivity contribution in [2.75, 3.05) is 34.4 Å². The molecule has 0 atom stereocenters. The number of pyridine rings is 1. The minimum Gasteiger partial charge on any atom is -0.493 e. The molecule has 118 valence electrons. The maximum absolute atomic E-state index is 5.39. The number of aromatic nitrogens is 1. The Labute approximate surface area is 127 Å². The van der Waals surface area contributed by atoms with E-state index >= 15 is 0 Å². The molecule has 2 rings (SSSR count). The van der Waals surface area contributed by atoms with Crippen molar-refractivity contribution in [3.8, 4) is 11.5 Å². The number of hydrogen-bond donors (Lipinski definition) is 1. The van der Waals surface area contributed by atoms with E-state index in [1.807, 2.05) is 6.07 Å². The highest BCUT2D eigenvalue weighted by Crippen LogP contribution is 2.28. The molecule has 5 heteroatoms. The molecule has 1 heterocycles. The van der Waals surface area contributed by atoms with Crippen LogP contribution in [0.15, 0.2) is 12.3 Å². The van der Waals surface area contributed by atoms with Crippen molar-refractivity contribution < 1.29 is 9.47 Å². The molecule has 1 N–H and O–H groups in total. The summed E-state index contributed by atoms with van der Waals surface area (Å²) < 4.78 is 10.7. The molecule has 0 aliphatic heterocycles. The summed E-state index contributed by atoms with van der Waals surface area (Å²) in [5.41, 5.74) is 0.889. The number of nitrogens with zero attached hydrogens (tertiary/aromatic N) is 2. The van der Waals surface area contributed by atoms with Gasteiger partial charge in [-0.25, -0.2) is 0 Å². The molecule has 5 nitrogen and oxygen atoms in total. The Bertz CT molecular complexity index is 434. The summed E-state index contributed by atoms with van der Waals surface area (Å²) in [6.45, 7) is 2.71. The molecule has 1 fully saturated rings. The van der Waals surface area contributed by atoms with Crippen LogP contribution >= 0.6 is 0 Å². The lowest BCUT2D eigenvalue weighted by atomic mass is 10.2. The van der Waals surface area contributed by atoms with Crippen molar-refractivity contribution in [2.24, 2.45) is 0 Å². The highest BCUT2D eigenvalue weighted by Gasteiger charge is 2.18. The first kappa shape index (κ1) is 16.0. The van der Waals surface area contributed by atoms with Gasteiger partial charge in [0.2, 0.25) is 0 Å². The van der Waals surface area contributed by atoms with Crippen LogP contribution in [0.1, 0.15) is 31.4 Å². The van der Waals surface area contributed by atoms with E-state index in [-0.39, 0.29) is 0 Å². The Kier molecular flexibility index (Phi) is 6.26. The fourth-order valence-electron chi connectivity index (χ4n) is 2.97. The Hall–Kier alpha value is -1.33. The van der Waals surface area contributed by atoms with Gasteiger partial charge in [-0.2, -0.15) is 0 Å². The van der Waals surface area contributed by atoms with Crippen LogP contribution in [0.25, 0.3) is 0 Å². The molecule has 0 radical (unpaired) electrons. The third kappa shape index (κ3) is 4.32. The zero-order valence-corrected chi connectivity index (χ0v) is 13.4. The number of likely N-dealkylation sites (N-methyl/N-ethyl adjacent to an activating group) is 1. The van der Waals surface area contributed by atoms with Gasteiger partial charge in [0.25, 0.3) is 0 Å². The number of hydrogen-bond acceptors (Lipinski definition) is 5. The van der Waals surface area contributed by atoms with Crippen LogP contribution in [-0.2, 0) is 6.54 Å². The lowest BCUT2D eigenvalue weighted by molar-refractivity contribution is 0.245. The second-order valence-electron chi connectivity index (χ2n) is 5.59. The fraction of sp³-hybridized carbons (Fsp3) is 0.688. The molecule has 0 bridgehead atoms. The van der Waals surface area contributed by atoms with Crippen LogP contribution in [0.4, 0.5) is 0 Å². The average Bonchev–Trinajstić information content (AvgIpc) is 3.05. The summed E-state index contributed by atoms with van der Waals surface area (Å²) in [5, 5.41) is 3.44. The molecule has 1 aromatic heterocycles. The first-order valence-corrected chi connectivity index (χ1v) is 7.73. The largest absolute Gasteiger partial charge is 0.493 e. The Balaban J connectivity index is 1.78. The van der Waals surface area contributed by atoms with Crippen molar-refractivity contribution in [1.29, 1.82) is 0 Å². The Morgan fingerprint density at radius 3 is 2.71 bits per heavy atom. The third-order valence-electron chi connectivity index (χ3n) is 4.25. The molecule has 1 aliphatic carbocycles. The molecule has 1 saturated carbocycles. The van der Waals surface area contributed by atoms with Gasteiger partial charge in [-0.15, -0.1) is 0 Å². The quantitative estimate of drug-likeness (QED) is 0.743. The van der Waals surface area contributed by atoms with Crippen LogP contribution in [0.3, 0.4) is 0 Å². The number of rotatable bonds is 8. The van der Waals surface area contributed by atoms with E-state index in [2.05, 4.69) is 22.2 Å². The van der Waals surface area contributed by atoms with Crippen LogP contribution in [0.2, 0.25) is 0 Å². The van der Waals surface area contributed by atoms with E-state index in [9.17, 15) is 0 Å². The summed E-state index contributed by atoms with van der Waals surface area (Å²) >= 11 is 0. The lowest BCUT2D eigenvalue weighted by Gasteiger charge is -2.24. The maximum atomic E-state index is 5.39. The highest BCUT2D eigenvalue weighted by molar-refractivity contribution is 5.42. The summed E-state index contributed by atoms with van der Waals surface area (Å²) in [5.74, 6) is 1.45. The van der Waals surface area contributed by atoms with Gasteiger partial charge < -0.3 is 19.7 Å². The van der Waals surface area contributed by atoms with Gasteiger partial charge >= 0.3 is 0 Å². The van der Waals surface area contributed by atoms with Gasteiger partial charge in [-0.1, -0.05) is 12.8 Å². The first-order valence-electron chi connectivity index (χ1n) is 7.73. The van der Waals surface area contributed by atoms with Crippen LogP contribution in [0, 0.1) is 0 Å². The molecule has 0 spiro atoms. The van der Waals surface area contributed by atoms with Crippen LogP contribution in [-0.4, -0.2) is 50.3 Å². The second kappa shape index (κ2) is 8.20. The fourth-order valence-corrected chi connectivity index (χ4v) is 2.97. The molecule has 0 amide bonds. The first-order chi connectivity index (χ1) is 10.3. The van der Waals surface area contributed by atoms with Crippen molar-refractivity contribution in [2.45, 2.75) is 38.3 Å². The molecule has 1 aliphatic rings. The molecule has 0 aromatic carbocycles. The molecular weight excluding hydrogens is 266 g/mol. The van der Waals surface area contributed by atoms with E-state index in [1.54, 1.807) is 20.4 Å². The van der Waals surface area contributed by atoms with Gasteiger partial charge in [0, 0.05) is 37.9 Å². The summed E-state index contributed by atoms with van der Waals surface area (Å²) in [6.07, 6.45) is 7.22. The van der Waals surface area contributed by atoms with Gasteiger partial charge in [-0.05, 0) is 19.9 Å². The van der Waals surface area contributed by atoms with E-state index in [1.165, 1.54) is 25.7 Å².